The van der Waals surface area contributed by atoms with Gasteiger partial charge in [0.1, 0.15) is 11.6 Å². The van der Waals surface area contributed by atoms with Crippen molar-refractivity contribution in [1.82, 2.24) is 0 Å². The summed E-state index contributed by atoms with van der Waals surface area (Å²) < 4.78 is 6.26. The van der Waals surface area contributed by atoms with Crippen molar-refractivity contribution < 1.29 is 19.2 Å². The van der Waals surface area contributed by atoms with Crippen LogP contribution in [0.25, 0.3) is 0 Å². The van der Waals surface area contributed by atoms with Gasteiger partial charge in [-0.05, 0) is 59.4 Å². The number of halogens is 3. The summed E-state index contributed by atoms with van der Waals surface area (Å²) in [6.07, 6.45) is 1.78. The van der Waals surface area contributed by atoms with Crippen molar-refractivity contribution in [3.05, 3.63) is 56.5 Å². The second-order valence-electron chi connectivity index (χ2n) is 11.4. The summed E-state index contributed by atoms with van der Waals surface area (Å²) in [6.45, 7) is 14.9. The van der Waals surface area contributed by atoms with Crippen LogP contribution in [0, 0.1) is 0 Å². The van der Waals surface area contributed by atoms with Crippen molar-refractivity contribution in [3.63, 3.8) is 0 Å². The van der Waals surface area contributed by atoms with Crippen molar-refractivity contribution in [3.8, 4) is 5.75 Å². The summed E-state index contributed by atoms with van der Waals surface area (Å²) in [6, 6.07) is 9.03. The molecule has 0 saturated carbocycles. The number of rotatable bonds is 12. The molecule has 0 bridgehead atoms. The summed E-state index contributed by atoms with van der Waals surface area (Å²) in [5.41, 5.74) is 8.04. The summed E-state index contributed by atoms with van der Waals surface area (Å²) in [5.74, 6) is -0.831. The number of hydrogen-bond acceptors (Lipinski definition) is 5. The van der Waals surface area contributed by atoms with Crippen LogP contribution >= 0.6 is 34.8 Å². The Balaban J connectivity index is 2.18. The van der Waals surface area contributed by atoms with E-state index in [2.05, 4.69) is 58.1 Å². The van der Waals surface area contributed by atoms with Gasteiger partial charge in [-0.2, -0.15) is 0 Å². The molecule has 2 rings (SSSR count). The fourth-order valence-corrected chi connectivity index (χ4v) is 4.73. The maximum absolute atomic E-state index is 13.0. The molecule has 0 aliphatic heterocycles. The van der Waals surface area contributed by atoms with Gasteiger partial charge in [-0.25, -0.2) is 4.79 Å². The van der Waals surface area contributed by atoms with Crippen LogP contribution in [0.3, 0.4) is 0 Å². The van der Waals surface area contributed by atoms with Gasteiger partial charge in [0.15, 0.2) is 6.10 Å². The largest absolute Gasteiger partial charge is 0.478 e. The maximum Gasteiger partial charge on any atom is 0.375 e. The van der Waals surface area contributed by atoms with E-state index in [9.17, 15) is 9.59 Å². The van der Waals surface area contributed by atoms with E-state index in [1.807, 2.05) is 19.1 Å². The number of oxime groups is 1. The van der Waals surface area contributed by atoms with E-state index < -0.39 is 18.0 Å². The third-order valence-corrected chi connectivity index (χ3v) is 7.49. The highest BCUT2D eigenvalue weighted by molar-refractivity contribution is 6.42. The molecule has 1 unspecified atom stereocenters. The van der Waals surface area contributed by atoms with Gasteiger partial charge in [0.2, 0.25) is 5.91 Å². The van der Waals surface area contributed by atoms with Crippen molar-refractivity contribution in [2.75, 3.05) is 5.32 Å². The van der Waals surface area contributed by atoms with E-state index in [0.29, 0.717) is 17.2 Å². The first-order valence-electron chi connectivity index (χ1n) is 13.4. The lowest BCUT2D eigenvalue weighted by molar-refractivity contribution is -0.152. The predicted molar refractivity (Wildman–Crippen MR) is 165 cm³/mol. The van der Waals surface area contributed by atoms with Crippen molar-refractivity contribution in [2.45, 2.75) is 97.5 Å². The lowest BCUT2D eigenvalue weighted by atomic mass is 9.78. The minimum atomic E-state index is -0.900. The molecular weight excluding hydrogens is 573 g/mol. The first kappa shape index (κ1) is 33.7. The Labute approximate surface area is 252 Å². The molecule has 0 radical (unpaired) electrons. The quantitative estimate of drug-likeness (QED) is 0.108. The Morgan fingerprint density at radius 1 is 1.02 bits per heavy atom. The normalized spacial score (nSPS) is 13.1. The molecule has 2 aromatic rings. The molecular formula is C30H40Cl3N3O4. The number of carbonyl (C=O) groups excluding carboxylic acids is 2. The SMILES string of the molecule is CCCCC(Oc1ccc(C(C)(C)CC)cc1C(C)(C)C)C(=O)O/N=C(\N)CC(=O)Nc1c(Cl)cc(Cl)cc1Cl. The Morgan fingerprint density at radius 2 is 1.65 bits per heavy atom. The molecule has 0 aliphatic carbocycles. The number of hydrogen-bond donors (Lipinski definition) is 2. The smallest absolute Gasteiger partial charge is 0.375 e. The molecule has 0 heterocycles. The minimum absolute atomic E-state index is 0.00182. The van der Waals surface area contributed by atoms with Crippen LogP contribution in [0.2, 0.25) is 15.1 Å². The molecule has 1 amide bonds. The topological polar surface area (TPSA) is 103 Å². The number of anilines is 1. The van der Waals surface area contributed by atoms with Crippen LogP contribution in [0.1, 0.15) is 91.7 Å². The van der Waals surface area contributed by atoms with Gasteiger partial charge in [-0.3, -0.25) is 4.79 Å². The van der Waals surface area contributed by atoms with Gasteiger partial charge >= 0.3 is 5.97 Å². The molecule has 3 N–H and O–H groups in total. The first-order valence-corrected chi connectivity index (χ1v) is 14.5. The number of benzene rings is 2. The maximum atomic E-state index is 13.0. The van der Waals surface area contributed by atoms with Gasteiger partial charge in [0.25, 0.3) is 0 Å². The summed E-state index contributed by atoms with van der Waals surface area (Å²) in [4.78, 5) is 30.6. The average molecular weight is 613 g/mol. The van der Waals surface area contributed by atoms with Crippen molar-refractivity contribution >= 4 is 58.2 Å². The van der Waals surface area contributed by atoms with Gasteiger partial charge in [0.05, 0.1) is 22.2 Å². The van der Waals surface area contributed by atoms with Gasteiger partial charge in [-0.1, -0.05) is 107 Å². The van der Waals surface area contributed by atoms with E-state index >= 15 is 0 Å². The fraction of sp³-hybridized carbons (Fsp3) is 0.500. The average Bonchev–Trinajstić information content (AvgIpc) is 2.86. The zero-order chi connectivity index (χ0) is 30.3. The first-order chi connectivity index (χ1) is 18.6. The number of amides is 1. The molecule has 7 nitrogen and oxygen atoms in total. The summed E-state index contributed by atoms with van der Waals surface area (Å²) in [7, 11) is 0. The predicted octanol–water partition coefficient (Wildman–Crippen LogP) is 8.41. The molecule has 0 saturated heterocycles. The lowest BCUT2D eigenvalue weighted by Crippen LogP contribution is -2.31. The lowest BCUT2D eigenvalue weighted by Gasteiger charge is -2.29. The van der Waals surface area contributed by atoms with E-state index in [-0.39, 0.29) is 38.8 Å². The zero-order valence-electron chi connectivity index (χ0n) is 24.3. The molecule has 0 aliphatic rings. The number of carbonyl (C=O) groups is 2. The van der Waals surface area contributed by atoms with Gasteiger partial charge in [-0.15, -0.1) is 0 Å². The number of amidine groups is 1. The molecule has 1 atom stereocenters. The molecule has 10 heteroatoms. The van der Waals surface area contributed by atoms with Crippen molar-refractivity contribution in [1.29, 1.82) is 0 Å². The number of nitrogens with zero attached hydrogens (tertiary/aromatic N) is 1. The number of nitrogens with one attached hydrogen (secondary N) is 1. The molecule has 0 fully saturated rings. The highest BCUT2D eigenvalue weighted by atomic mass is 35.5. The van der Waals surface area contributed by atoms with E-state index in [1.54, 1.807) is 0 Å². The monoisotopic (exact) mass is 611 g/mol. The van der Waals surface area contributed by atoms with Crippen molar-refractivity contribution in [2.24, 2.45) is 10.9 Å². The highest BCUT2D eigenvalue weighted by Crippen LogP contribution is 2.37. The van der Waals surface area contributed by atoms with Crippen LogP contribution in [-0.4, -0.2) is 23.8 Å². The molecule has 0 spiro atoms. The van der Waals surface area contributed by atoms with Crippen LogP contribution in [-0.2, 0) is 25.3 Å². The third kappa shape index (κ3) is 9.57. The molecule has 2 aromatic carbocycles. The summed E-state index contributed by atoms with van der Waals surface area (Å²) in [5, 5.41) is 6.91. The number of unbranched alkanes of at least 4 members (excludes halogenated alkanes) is 1. The fourth-order valence-electron chi connectivity index (χ4n) is 3.82. The Kier molecular flexibility index (Phi) is 12.2. The van der Waals surface area contributed by atoms with Crippen LogP contribution in [0.15, 0.2) is 35.5 Å². The highest BCUT2D eigenvalue weighted by Gasteiger charge is 2.28. The molecule has 220 valence electrons. The Hall–Kier alpha value is -2.48. The molecule has 0 aromatic heterocycles. The summed E-state index contributed by atoms with van der Waals surface area (Å²) >= 11 is 18.1. The minimum Gasteiger partial charge on any atom is -0.478 e. The second-order valence-corrected chi connectivity index (χ2v) is 12.7. The Morgan fingerprint density at radius 3 is 2.20 bits per heavy atom. The van der Waals surface area contributed by atoms with Gasteiger partial charge < -0.3 is 20.6 Å². The number of ether oxygens (including phenoxy) is 1. The Bertz CT molecular complexity index is 1220. The van der Waals surface area contributed by atoms with Crippen LogP contribution < -0.4 is 15.8 Å². The third-order valence-electron chi connectivity index (χ3n) is 6.67. The zero-order valence-corrected chi connectivity index (χ0v) is 26.6. The second kappa shape index (κ2) is 14.4. The number of nitrogens with two attached hydrogens (primary N) is 1. The van der Waals surface area contributed by atoms with E-state index in [0.717, 1.165) is 24.8 Å². The van der Waals surface area contributed by atoms with Crippen LogP contribution in [0.4, 0.5) is 5.69 Å². The van der Waals surface area contributed by atoms with Crippen LogP contribution in [0.5, 0.6) is 5.75 Å². The van der Waals surface area contributed by atoms with E-state index in [4.69, 9.17) is 50.1 Å². The molecule has 40 heavy (non-hydrogen) atoms. The van der Waals surface area contributed by atoms with E-state index in [1.165, 1.54) is 17.7 Å². The standard InChI is InChI=1S/C30H40Cl3N3O4/c1-8-10-11-24(39-23-13-12-18(30(6,7)9-2)14-20(23)29(3,4)5)28(38)40-36-25(34)17-26(37)35-27-21(32)15-19(31)16-22(27)33/h12-16,24H,8-11,17H2,1-7H3,(H2,34,36)(H,35,37). The van der Waals surface area contributed by atoms with Gasteiger partial charge in [0, 0.05) is 5.02 Å².